The minimum absolute atomic E-state index is 0.135. The van der Waals surface area contributed by atoms with E-state index in [1.807, 2.05) is 12.1 Å². The van der Waals surface area contributed by atoms with E-state index in [0.29, 0.717) is 12.3 Å². The quantitative estimate of drug-likeness (QED) is 0.638. The van der Waals surface area contributed by atoms with Crippen LogP contribution in [0.3, 0.4) is 0 Å². The number of hydrogen-bond acceptors (Lipinski definition) is 3. The monoisotopic (exact) mass is 276 g/mol. The first-order valence-electron chi connectivity index (χ1n) is 7.51. The molecule has 2 rings (SSSR count). The Morgan fingerprint density at radius 2 is 2.05 bits per heavy atom. The fourth-order valence-corrected chi connectivity index (χ4v) is 2.65. The highest BCUT2D eigenvalue weighted by Gasteiger charge is 2.23. The average Bonchev–Trinajstić information content (AvgIpc) is 2.86. The van der Waals surface area contributed by atoms with E-state index in [0.717, 1.165) is 44.5 Å². The van der Waals surface area contributed by atoms with Crippen LogP contribution in [0.5, 0.6) is 0 Å². The van der Waals surface area contributed by atoms with E-state index in [2.05, 4.69) is 22.8 Å². The molecule has 0 saturated carbocycles. The van der Waals surface area contributed by atoms with Crippen LogP contribution < -0.4 is 10.6 Å². The van der Waals surface area contributed by atoms with Gasteiger partial charge >= 0.3 is 0 Å². The van der Waals surface area contributed by atoms with Crippen molar-refractivity contribution in [1.82, 2.24) is 5.32 Å². The van der Waals surface area contributed by atoms with Gasteiger partial charge in [-0.25, -0.2) is 0 Å². The molecule has 4 nitrogen and oxygen atoms in total. The van der Waals surface area contributed by atoms with Gasteiger partial charge in [-0.2, -0.15) is 0 Å². The van der Waals surface area contributed by atoms with Gasteiger partial charge in [-0.3, -0.25) is 4.79 Å². The topological polar surface area (TPSA) is 61.4 Å². The molecular formula is C16H24N2O2. The van der Waals surface area contributed by atoms with Crippen LogP contribution in [-0.2, 0) is 4.79 Å². The van der Waals surface area contributed by atoms with Crippen molar-refractivity contribution >= 4 is 11.6 Å². The fraction of sp³-hybridized carbons (Fsp3) is 0.562. The van der Waals surface area contributed by atoms with Crippen molar-refractivity contribution in [2.24, 2.45) is 0 Å². The second-order valence-electron chi connectivity index (χ2n) is 5.36. The van der Waals surface area contributed by atoms with Crippen LogP contribution in [0.1, 0.15) is 43.6 Å². The van der Waals surface area contributed by atoms with E-state index in [9.17, 15) is 4.79 Å². The van der Waals surface area contributed by atoms with Gasteiger partial charge in [0.1, 0.15) is 0 Å². The second kappa shape index (κ2) is 7.90. The first kappa shape index (κ1) is 14.9. The lowest BCUT2D eigenvalue weighted by Gasteiger charge is -2.10. The minimum Gasteiger partial charge on any atom is -0.396 e. The molecule has 110 valence electrons. The van der Waals surface area contributed by atoms with Gasteiger partial charge in [0.2, 0.25) is 5.91 Å². The summed E-state index contributed by atoms with van der Waals surface area (Å²) >= 11 is 0. The number of fused-ring (bicyclic) bond motifs is 1. The number of hydrogen-bond donors (Lipinski definition) is 3. The smallest absolute Gasteiger partial charge is 0.220 e. The zero-order chi connectivity index (χ0) is 14.2. The summed E-state index contributed by atoms with van der Waals surface area (Å²) in [6.45, 7) is 1.86. The van der Waals surface area contributed by atoms with Gasteiger partial charge in [-0.1, -0.05) is 31.0 Å². The van der Waals surface area contributed by atoms with E-state index in [-0.39, 0.29) is 12.5 Å². The maximum absolute atomic E-state index is 11.9. The Morgan fingerprint density at radius 1 is 1.25 bits per heavy atom. The van der Waals surface area contributed by atoms with E-state index >= 15 is 0 Å². The number of para-hydroxylation sites is 1. The molecule has 4 heteroatoms. The highest BCUT2D eigenvalue weighted by Crippen LogP contribution is 2.32. The molecule has 0 spiro atoms. The molecule has 0 radical (unpaired) electrons. The van der Waals surface area contributed by atoms with Crippen molar-refractivity contribution in [2.45, 2.75) is 38.0 Å². The molecule has 0 bridgehead atoms. The molecule has 0 aliphatic carbocycles. The molecule has 1 unspecified atom stereocenters. The number of aliphatic hydroxyl groups excluding tert-OH is 1. The van der Waals surface area contributed by atoms with E-state index in [1.54, 1.807) is 0 Å². The highest BCUT2D eigenvalue weighted by molar-refractivity contribution is 5.78. The molecule has 1 aliphatic rings. The van der Waals surface area contributed by atoms with Crippen molar-refractivity contribution in [3.05, 3.63) is 29.8 Å². The lowest BCUT2D eigenvalue weighted by atomic mass is 9.97. The van der Waals surface area contributed by atoms with Crippen molar-refractivity contribution in [3.8, 4) is 0 Å². The van der Waals surface area contributed by atoms with Crippen LogP contribution in [0.25, 0.3) is 0 Å². The maximum atomic E-state index is 11.9. The molecule has 1 amide bonds. The average molecular weight is 276 g/mol. The number of unbranched alkanes of at least 4 members (excludes halogenated alkanes) is 3. The predicted molar refractivity (Wildman–Crippen MR) is 80.9 cm³/mol. The van der Waals surface area contributed by atoms with Gasteiger partial charge in [0.25, 0.3) is 0 Å². The van der Waals surface area contributed by atoms with E-state index in [1.165, 1.54) is 5.56 Å². The number of anilines is 1. The van der Waals surface area contributed by atoms with Crippen LogP contribution in [0.15, 0.2) is 24.3 Å². The number of rotatable bonds is 8. The number of carbonyl (C=O) groups excluding carboxylic acids is 1. The van der Waals surface area contributed by atoms with Gasteiger partial charge in [0, 0.05) is 37.7 Å². The summed E-state index contributed by atoms with van der Waals surface area (Å²) in [7, 11) is 0. The Labute approximate surface area is 120 Å². The van der Waals surface area contributed by atoms with Crippen LogP contribution in [0, 0.1) is 0 Å². The largest absolute Gasteiger partial charge is 0.396 e. The third-order valence-corrected chi connectivity index (χ3v) is 3.78. The number of carbonyl (C=O) groups is 1. The summed E-state index contributed by atoms with van der Waals surface area (Å²) in [5.41, 5.74) is 2.42. The van der Waals surface area contributed by atoms with Crippen LogP contribution in [0.4, 0.5) is 5.69 Å². The SMILES string of the molecule is O=C(CC1CNc2ccccc21)NCCCCCCO. The third kappa shape index (κ3) is 4.23. The molecule has 1 atom stereocenters. The Hall–Kier alpha value is -1.55. The summed E-state index contributed by atoms with van der Waals surface area (Å²) in [5, 5.41) is 15.0. The van der Waals surface area contributed by atoms with Crippen LogP contribution >= 0.6 is 0 Å². The van der Waals surface area contributed by atoms with Gasteiger partial charge in [-0.15, -0.1) is 0 Å². The number of amides is 1. The van der Waals surface area contributed by atoms with Crippen molar-refractivity contribution < 1.29 is 9.90 Å². The minimum atomic E-state index is 0.135. The van der Waals surface area contributed by atoms with Gasteiger partial charge in [0.05, 0.1) is 0 Å². The first-order chi connectivity index (χ1) is 9.81. The summed E-state index contributed by atoms with van der Waals surface area (Å²) in [4.78, 5) is 11.9. The van der Waals surface area contributed by atoms with Crippen LogP contribution in [-0.4, -0.2) is 30.7 Å². The summed E-state index contributed by atoms with van der Waals surface area (Å²) in [6.07, 6.45) is 4.51. The normalized spacial score (nSPS) is 16.6. The number of benzene rings is 1. The molecule has 3 N–H and O–H groups in total. The molecular weight excluding hydrogens is 252 g/mol. The van der Waals surface area contributed by atoms with Crippen molar-refractivity contribution in [3.63, 3.8) is 0 Å². The predicted octanol–water partition coefficient (Wildman–Crippen LogP) is 2.25. The summed E-state index contributed by atoms with van der Waals surface area (Å²) in [6, 6.07) is 8.20. The number of nitrogens with one attached hydrogen (secondary N) is 2. The Kier molecular flexibility index (Phi) is 5.87. The Bertz CT molecular complexity index is 434. The lowest BCUT2D eigenvalue weighted by Crippen LogP contribution is -2.26. The standard InChI is InChI=1S/C16H24N2O2/c19-10-6-2-1-5-9-17-16(20)11-13-12-18-15-8-4-3-7-14(13)15/h3-4,7-8,13,18-19H,1-2,5-6,9-12H2,(H,17,20). The maximum Gasteiger partial charge on any atom is 0.220 e. The Morgan fingerprint density at radius 3 is 2.90 bits per heavy atom. The van der Waals surface area contributed by atoms with Gasteiger partial charge < -0.3 is 15.7 Å². The molecule has 0 fully saturated rings. The molecule has 1 aromatic carbocycles. The zero-order valence-corrected chi connectivity index (χ0v) is 11.9. The zero-order valence-electron chi connectivity index (χ0n) is 11.9. The molecule has 1 aromatic rings. The molecule has 1 aliphatic heterocycles. The lowest BCUT2D eigenvalue weighted by molar-refractivity contribution is -0.121. The summed E-state index contributed by atoms with van der Waals surface area (Å²) < 4.78 is 0. The van der Waals surface area contributed by atoms with Gasteiger partial charge in [-0.05, 0) is 24.5 Å². The Balaban J connectivity index is 1.66. The molecule has 0 aromatic heterocycles. The molecule has 1 heterocycles. The summed E-state index contributed by atoms with van der Waals surface area (Å²) in [5.74, 6) is 0.427. The molecule has 20 heavy (non-hydrogen) atoms. The number of aliphatic hydroxyl groups is 1. The van der Waals surface area contributed by atoms with E-state index < -0.39 is 0 Å². The van der Waals surface area contributed by atoms with Gasteiger partial charge in [0.15, 0.2) is 0 Å². The third-order valence-electron chi connectivity index (χ3n) is 3.78. The first-order valence-corrected chi connectivity index (χ1v) is 7.51. The van der Waals surface area contributed by atoms with Crippen LogP contribution in [0.2, 0.25) is 0 Å². The van der Waals surface area contributed by atoms with Crippen molar-refractivity contribution in [1.29, 1.82) is 0 Å². The second-order valence-corrected chi connectivity index (χ2v) is 5.36. The fourth-order valence-electron chi connectivity index (χ4n) is 2.65. The van der Waals surface area contributed by atoms with Crippen molar-refractivity contribution in [2.75, 3.05) is 25.0 Å². The highest BCUT2D eigenvalue weighted by atomic mass is 16.2. The van der Waals surface area contributed by atoms with E-state index in [4.69, 9.17) is 5.11 Å². The molecule has 0 saturated heterocycles.